The van der Waals surface area contributed by atoms with Gasteiger partial charge >= 0.3 is 0 Å². The standard InChI is InChI=1S/C6H6ClO2PS.2ClH/c7-9-10(8,11)6-4-2-1-3-5-6;;/h1-5H,(H,8,11);2*1H. The summed E-state index contributed by atoms with van der Waals surface area (Å²) in [5.74, 6) is 0. The van der Waals surface area contributed by atoms with E-state index in [0.717, 1.165) is 0 Å². The van der Waals surface area contributed by atoms with E-state index in [1.807, 2.05) is 6.07 Å². The average molecular weight is 282 g/mol. The molecule has 0 heterocycles. The Balaban J connectivity index is 0. The quantitative estimate of drug-likeness (QED) is 0.845. The zero-order valence-electron chi connectivity index (χ0n) is 6.29. The second-order valence-corrected chi connectivity index (χ2v) is 5.52. The molecule has 0 saturated heterocycles. The first-order valence-electron chi connectivity index (χ1n) is 2.85. The molecule has 0 spiro atoms. The van der Waals surface area contributed by atoms with Crippen molar-refractivity contribution in [3.05, 3.63) is 30.3 Å². The Bertz CT molecular complexity index is 282. The van der Waals surface area contributed by atoms with Gasteiger partial charge in [0.1, 0.15) is 0 Å². The Hall–Kier alpha value is 0.660. The minimum Gasteiger partial charge on any atom is -0.341 e. The highest BCUT2D eigenvalue weighted by atomic mass is 35.5. The third kappa shape index (κ3) is 4.61. The van der Waals surface area contributed by atoms with Crippen molar-refractivity contribution in [3.63, 3.8) is 0 Å². The Morgan fingerprint density at radius 1 is 1.23 bits per heavy atom. The number of rotatable bonds is 2. The molecule has 1 N–H and O–H groups in total. The maximum Gasteiger partial charge on any atom is 0.235 e. The highest BCUT2D eigenvalue weighted by molar-refractivity contribution is 8.13. The minimum absolute atomic E-state index is 0. The molecule has 1 rings (SSSR count). The maximum absolute atomic E-state index is 9.37. The lowest BCUT2D eigenvalue weighted by Crippen LogP contribution is -2.01. The lowest BCUT2D eigenvalue weighted by atomic mass is 10.4. The largest absolute Gasteiger partial charge is 0.341 e. The zero-order chi connectivity index (χ0) is 8.32. The summed E-state index contributed by atoms with van der Waals surface area (Å²) in [4.78, 5) is 9.37. The van der Waals surface area contributed by atoms with E-state index in [9.17, 15) is 4.89 Å². The van der Waals surface area contributed by atoms with Gasteiger partial charge in [-0.05, 0) is 23.9 Å². The van der Waals surface area contributed by atoms with Crippen LogP contribution in [0.1, 0.15) is 0 Å². The van der Waals surface area contributed by atoms with Gasteiger partial charge in [-0.15, -0.1) is 24.8 Å². The van der Waals surface area contributed by atoms with Gasteiger partial charge in [-0.1, -0.05) is 18.2 Å². The van der Waals surface area contributed by atoms with Gasteiger partial charge in [0, 0.05) is 5.30 Å². The van der Waals surface area contributed by atoms with E-state index >= 15 is 0 Å². The summed E-state index contributed by atoms with van der Waals surface area (Å²) in [5.41, 5.74) is 0. The molecule has 0 aliphatic rings. The van der Waals surface area contributed by atoms with Crippen LogP contribution in [0, 0.1) is 0 Å². The molecule has 1 aromatic rings. The molecule has 13 heavy (non-hydrogen) atoms. The van der Waals surface area contributed by atoms with E-state index < -0.39 is 6.49 Å². The third-order valence-corrected chi connectivity index (χ3v) is 4.01. The summed E-state index contributed by atoms with van der Waals surface area (Å²) in [7, 11) is 0. The fourth-order valence-electron chi connectivity index (χ4n) is 0.656. The summed E-state index contributed by atoms with van der Waals surface area (Å²) >= 11 is 9.75. The Kier molecular flexibility index (Phi) is 8.69. The van der Waals surface area contributed by atoms with Crippen molar-refractivity contribution in [3.8, 4) is 0 Å². The summed E-state index contributed by atoms with van der Waals surface area (Å²) < 4.78 is 4.28. The SMILES string of the molecule is Cl.Cl.OP(=S)(OCl)c1ccccc1. The summed E-state index contributed by atoms with van der Waals surface area (Å²) in [5, 5.41) is 0.560. The molecule has 0 aliphatic carbocycles. The van der Waals surface area contributed by atoms with Crippen molar-refractivity contribution in [1.82, 2.24) is 0 Å². The van der Waals surface area contributed by atoms with Crippen molar-refractivity contribution < 1.29 is 8.97 Å². The van der Waals surface area contributed by atoms with Gasteiger partial charge in [-0.3, -0.25) is 0 Å². The van der Waals surface area contributed by atoms with Gasteiger partial charge in [-0.25, -0.2) is 4.08 Å². The molecule has 0 fully saturated rings. The van der Waals surface area contributed by atoms with Crippen LogP contribution in [0.4, 0.5) is 0 Å². The smallest absolute Gasteiger partial charge is 0.235 e. The van der Waals surface area contributed by atoms with E-state index in [1.54, 1.807) is 24.3 Å². The Morgan fingerprint density at radius 2 is 1.69 bits per heavy atom. The molecule has 0 aliphatic heterocycles. The first-order chi connectivity index (χ1) is 5.17. The van der Waals surface area contributed by atoms with Crippen LogP contribution in [-0.2, 0) is 15.9 Å². The van der Waals surface area contributed by atoms with Crippen molar-refractivity contribution in [1.29, 1.82) is 0 Å². The molecule has 0 radical (unpaired) electrons. The van der Waals surface area contributed by atoms with Crippen molar-refractivity contribution in [2.45, 2.75) is 0 Å². The molecule has 0 amide bonds. The van der Waals surface area contributed by atoms with Gasteiger partial charge < -0.3 is 4.89 Å². The minimum atomic E-state index is -2.93. The number of benzene rings is 1. The molecule has 7 heteroatoms. The van der Waals surface area contributed by atoms with Crippen molar-refractivity contribution in [2.75, 3.05) is 0 Å². The van der Waals surface area contributed by atoms with Crippen LogP contribution in [0.15, 0.2) is 30.3 Å². The third-order valence-electron chi connectivity index (χ3n) is 1.18. The van der Waals surface area contributed by atoms with Crippen LogP contribution >= 0.6 is 43.2 Å². The van der Waals surface area contributed by atoms with E-state index in [-0.39, 0.29) is 24.8 Å². The van der Waals surface area contributed by atoms with Gasteiger partial charge in [0.05, 0.1) is 11.9 Å². The topological polar surface area (TPSA) is 29.5 Å². The van der Waals surface area contributed by atoms with Crippen LogP contribution < -0.4 is 5.30 Å². The Morgan fingerprint density at radius 3 is 2.08 bits per heavy atom. The normalized spacial score (nSPS) is 13.4. The van der Waals surface area contributed by atoms with Crippen molar-refractivity contribution >= 4 is 60.3 Å². The second-order valence-electron chi connectivity index (χ2n) is 1.92. The molecule has 0 bridgehead atoms. The Labute approximate surface area is 99.4 Å². The molecule has 0 saturated carbocycles. The van der Waals surface area contributed by atoms with E-state index in [4.69, 9.17) is 23.7 Å². The maximum atomic E-state index is 9.37. The second kappa shape index (κ2) is 7.02. The first kappa shape index (κ1) is 16.1. The van der Waals surface area contributed by atoms with Crippen LogP contribution in [0.3, 0.4) is 0 Å². The molecular formula is C6H8Cl3O2PS. The first-order valence-corrected chi connectivity index (χ1v) is 5.84. The monoisotopic (exact) mass is 280 g/mol. The lowest BCUT2D eigenvalue weighted by molar-refractivity contribution is 0.524. The van der Waals surface area contributed by atoms with Gasteiger partial charge in [0.25, 0.3) is 0 Å². The van der Waals surface area contributed by atoms with Gasteiger partial charge in [-0.2, -0.15) is 0 Å². The van der Waals surface area contributed by atoms with Gasteiger partial charge in [0.15, 0.2) is 0 Å². The summed E-state index contributed by atoms with van der Waals surface area (Å²) in [6.45, 7) is -2.93. The zero-order valence-corrected chi connectivity index (χ0v) is 10.4. The fraction of sp³-hybridized carbons (Fsp3) is 0. The summed E-state index contributed by atoms with van der Waals surface area (Å²) in [6.07, 6.45) is 0. The van der Waals surface area contributed by atoms with Crippen molar-refractivity contribution in [2.24, 2.45) is 0 Å². The highest BCUT2D eigenvalue weighted by Gasteiger charge is 2.15. The molecule has 2 nitrogen and oxygen atoms in total. The average Bonchev–Trinajstić information content (AvgIpc) is 2.06. The van der Waals surface area contributed by atoms with Crippen LogP contribution in [0.2, 0.25) is 0 Å². The molecular weight excluding hydrogens is 273 g/mol. The highest BCUT2D eigenvalue weighted by Crippen LogP contribution is 2.42. The molecule has 1 aromatic carbocycles. The predicted octanol–water partition coefficient (Wildman–Crippen LogP) is 2.63. The fourth-order valence-corrected chi connectivity index (χ4v) is 1.89. The lowest BCUT2D eigenvalue weighted by Gasteiger charge is -2.08. The number of hydrogen-bond donors (Lipinski definition) is 1. The summed E-state index contributed by atoms with van der Waals surface area (Å²) in [6, 6.07) is 8.73. The number of halogens is 3. The van der Waals surface area contributed by atoms with Crippen LogP contribution in [0.25, 0.3) is 0 Å². The van der Waals surface area contributed by atoms with E-state index in [2.05, 4.69) is 4.08 Å². The van der Waals surface area contributed by atoms with Gasteiger partial charge in [0.2, 0.25) is 6.49 Å². The number of hydrogen-bond acceptors (Lipinski definition) is 2. The molecule has 0 aromatic heterocycles. The van der Waals surface area contributed by atoms with Crippen LogP contribution in [-0.4, -0.2) is 4.89 Å². The van der Waals surface area contributed by atoms with E-state index in [1.165, 1.54) is 0 Å². The molecule has 1 unspecified atom stereocenters. The van der Waals surface area contributed by atoms with Crippen LogP contribution in [0.5, 0.6) is 0 Å². The van der Waals surface area contributed by atoms with E-state index in [0.29, 0.717) is 5.30 Å². The molecule has 76 valence electrons. The molecule has 1 atom stereocenters. The predicted molar refractivity (Wildman–Crippen MR) is 64.0 cm³/mol.